The molecular formula is C7H7N3O2S. The highest BCUT2D eigenvalue weighted by atomic mass is 32.2. The zero-order valence-corrected chi connectivity index (χ0v) is 7.38. The molecule has 0 aliphatic heterocycles. The molecule has 0 radical (unpaired) electrons. The number of nitrogens with two attached hydrogens (primary N) is 1. The molecule has 0 aliphatic rings. The topological polar surface area (TPSA) is 96.0 Å². The molecule has 13 heavy (non-hydrogen) atoms. The maximum Gasteiger partial charge on any atom is 0.296 e. The predicted octanol–water partition coefficient (Wildman–Crippen LogP) is 0.174. The van der Waals surface area contributed by atoms with Crippen molar-refractivity contribution in [2.75, 3.05) is 4.72 Å². The van der Waals surface area contributed by atoms with Crippen molar-refractivity contribution in [2.24, 2.45) is 5.14 Å². The molecule has 0 fully saturated rings. The van der Waals surface area contributed by atoms with Gasteiger partial charge in [0.1, 0.15) is 0 Å². The first-order chi connectivity index (χ1) is 6.01. The second-order valence-electron chi connectivity index (χ2n) is 2.34. The average molecular weight is 197 g/mol. The van der Waals surface area contributed by atoms with Gasteiger partial charge in [-0.1, -0.05) is 6.07 Å². The van der Waals surface area contributed by atoms with Crippen LogP contribution in [0.3, 0.4) is 0 Å². The van der Waals surface area contributed by atoms with Gasteiger partial charge in [-0.05, 0) is 18.2 Å². The van der Waals surface area contributed by atoms with E-state index in [4.69, 9.17) is 10.4 Å². The fraction of sp³-hybridized carbons (Fsp3) is 0. The number of nitrogens with zero attached hydrogens (tertiary/aromatic N) is 1. The van der Waals surface area contributed by atoms with Crippen LogP contribution in [0.1, 0.15) is 5.56 Å². The summed E-state index contributed by atoms with van der Waals surface area (Å²) in [6.45, 7) is 0. The lowest BCUT2D eigenvalue weighted by molar-refractivity contribution is 0.603. The Morgan fingerprint density at radius 3 is 2.69 bits per heavy atom. The van der Waals surface area contributed by atoms with E-state index in [-0.39, 0.29) is 5.69 Å². The maximum atomic E-state index is 10.6. The molecule has 0 saturated carbocycles. The van der Waals surface area contributed by atoms with Crippen molar-refractivity contribution < 1.29 is 8.42 Å². The highest BCUT2D eigenvalue weighted by molar-refractivity contribution is 7.90. The van der Waals surface area contributed by atoms with E-state index in [1.54, 1.807) is 12.1 Å². The second kappa shape index (κ2) is 3.43. The van der Waals surface area contributed by atoms with Gasteiger partial charge in [0.05, 0.1) is 17.3 Å². The molecule has 1 rings (SSSR count). The molecule has 0 aliphatic carbocycles. The van der Waals surface area contributed by atoms with Crippen molar-refractivity contribution in [2.45, 2.75) is 0 Å². The molecule has 68 valence electrons. The molecule has 0 bridgehead atoms. The third-order valence-corrected chi connectivity index (χ3v) is 1.77. The Hall–Kier alpha value is -1.58. The summed E-state index contributed by atoms with van der Waals surface area (Å²) in [7, 11) is -3.76. The SMILES string of the molecule is N#Cc1cccc(NS(N)(=O)=O)c1. The fourth-order valence-corrected chi connectivity index (χ4v) is 1.27. The van der Waals surface area contributed by atoms with Gasteiger partial charge in [-0.15, -0.1) is 0 Å². The molecule has 0 unspecified atom stereocenters. The lowest BCUT2D eigenvalue weighted by Crippen LogP contribution is -2.21. The van der Waals surface area contributed by atoms with Crippen molar-refractivity contribution in [1.29, 1.82) is 5.26 Å². The zero-order valence-electron chi connectivity index (χ0n) is 6.56. The van der Waals surface area contributed by atoms with Gasteiger partial charge in [0, 0.05) is 0 Å². The third-order valence-electron chi connectivity index (χ3n) is 1.25. The highest BCUT2D eigenvalue weighted by Crippen LogP contribution is 2.09. The molecule has 0 saturated heterocycles. The summed E-state index contributed by atoms with van der Waals surface area (Å²) in [5.41, 5.74) is 0.648. The van der Waals surface area contributed by atoms with Crippen molar-refractivity contribution in [3.63, 3.8) is 0 Å². The molecule has 3 N–H and O–H groups in total. The summed E-state index contributed by atoms with van der Waals surface area (Å²) >= 11 is 0. The van der Waals surface area contributed by atoms with E-state index in [9.17, 15) is 8.42 Å². The summed E-state index contributed by atoms with van der Waals surface area (Å²) in [6, 6.07) is 7.90. The number of hydrogen-bond donors (Lipinski definition) is 2. The lowest BCUT2D eigenvalue weighted by atomic mass is 10.2. The van der Waals surface area contributed by atoms with Gasteiger partial charge in [-0.2, -0.15) is 13.7 Å². The first-order valence-electron chi connectivity index (χ1n) is 3.32. The molecule has 0 aromatic heterocycles. The summed E-state index contributed by atoms with van der Waals surface area (Å²) < 4.78 is 23.2. The van der Waals surface area contributed by atoms with Crippen molar-refractivity contribution in [1.82, 2.24) is 0 Å². The first kappa shape index (κ1) is 9.51. The van der Waals surface area contributed by atoms with E-state index in [2.05, 4.69) is 4.72 Å². The van der Waals surface area contributed by atoms with Crippen LogP contribution in [0.5, 0.6) is 0 Å². The maximum absolute atomic E-state index is 10.6. The minimum Gasteiger partial charge on any atom is -0.271 e. The Labute approximate surface area is 76.0 Å². The highest BCUT2D eigenvalue weighted by Gasteiger charge is 2.01. The third kappa shape index (κ3) is 3.11. The van der Waals surface area contributed by atoms with Crippen LogP contribution in [0.4, 0.5) is 5.69 Å². The minimum absolute atomic E-state index is 0.279. The first-order valence-corrected chi connectivity index (χ1v) is 4.86. The Bertz CT molecular complexity index is 447. The van der Waals surface area contributed by atoms with Gasteiger partial charge in [-0.3, -0.25) is 4.72 Å². The smallest absolute Gasteiger partial charge is 0.271 e. The van der Waals surface area contributed by atoms with Crippen molar-refractivity contribution in [3.8, 4) is 6.07 Å². The molecule has 0 spiro atoms. The van der Waals surface area contributed by atoms with Gasteiger partial charge in [-0.25, -0.2) is 5.14 Å². The van der Waals surface area contributed by atoms with Crippen LogP contribution in [0, 0.1) is 11.3 Å². The lowest BCUT2D eigenvalue weighted by Gasteiger charge is -2.02. The second-order valence-corrected chi connectivity index (χ2v) is 3.63. The fourth-order valence-electron chi connectivity index (χ4n) is 0.816. The van der Waals surface area contributed by atoms with Gasteiger partial charge in [0.15, 0.2) is 0 Å². The molecule has 1 aromatic carbocycles. The van der Waals surface area contributed by atoms with E-state index < -0.39 is 10.2 Å². The Morgan fingerprint density at radius 2 is 2.15 bits per heavy atom. The van der Waals surface area contributed by atoms with Gasteiger partial charge in [0.25, 0.3) is 10.2 Å². The Balaban J connectivity index is 2.99. The van der Waals surface area contributed by atoms with Gasteiger partial charge in [0.2, 0.25) is 0 Å². The Kier molecular flexibility index (Phi) is 2.51. The number of anilines is 1. The van der Waals surface area contributed by atoms with Crippen LogP contribution in [-0.2, 0) is 10.2 Å². The molecule has 1 aromatic rings. The number of benzene rings is 1. The number of nitrogens with one attached hydrogen (secondary N) is 1. The molecule has 0 atom stereocenters. The molecule has 0 heterocycles. The monoisotopic (exact) mass is 197 g/mol. The molecular weight excluding hydrogens is 190 g/mol. The van der Waals surface area contributed by atoms with Crippen LogP contribution < -0.4 is 9.86 Å². The van der Waals surface area contributed by atoms with Crippen LogP contribution in [0.25, 0.3) is 0 Å². The van der Waals surface area contributed by atoms with E-state index in [1.807, 2.05) is 6.07 Å². The minimum atomic E-state index is -3.76. The van der Waals surface area contributed by atoms with E-state index >= 15 is 0 Å². The summed E-state index contributed by atoms with van der Waals surface area (Å²) in [5, 5.41) is 13.2. The average Bonchev–Trinajstić information content (AvgIpc) is 2.01. The normalized spacial score (nSPS) is 10.5. The van der Waals surface area contributed by atoms with E-state index in [0.717, 1.165) is 0 Å². The van der Waals surface area contributed by atoms with Crippen molar-refractivity contribution >= 4 is 15.9 Å². The van der Waals surface area contributed by atoms with Crippen LogP contribution in [0.2, 0.25) is 0 Å². The molecule has 6 heteroatoms. The van der Waals surface area contributed by atoms with Gasteiger partial charge >= 0.3 is 0 Å². The zero-order chi connectivity index (χ0) is 9.90. The number of rotatable bonds is 2. The van der Waals surface area contributed by atoms with Crippen LogP contribution in [0.15, 0.2) is 24.3 Å². The van der Waals surface area contributed by atoms with E-state index in [1.165, 1.54) is 12.1 Å². The molecule has 5 nitrogen and oxygen atoms in total. The van der Waals surface area contributed by atoms with E-state index in [0.29, 0.717) is 5.56 Å². The predicted molar refractivity (Wildman–Crippen MR) is 47.9 cm³/mol. The largest absolute Gasteiger partial charge is 0.296 e. The van der Waals surface area contributed by atoms with Crippen LogP contribution in [-0.4, -0.2) is 8.42 Å². The number of nitriles is 1. The Morgan fingerprint density at radius 1 is 1.46 bits per heavy atom. The standard InChI is InChI=1S/C7H7N3O2S/c8-5-6-2-1-3-7(4-6)10-13(9,11)12/h1-4,10H,(H2,9,11,12). The number of hydrogen-bond acceptors (Lipinski definition) is 3. The van der Waals surface area contributed by atoms with Crippen LogP contribution >= 0.6 is 0 Å². The van der Waals surface area contributed by atoms with Gasteiger partial charge < -0.3 is 0 Å². The summed E-state index contributed by atoms with van der Waals surface area (Å²) in [5.74, 6) is 0. The van der Waals surface area contributed by atoms with Crippen molar-refractivity contribution in [3.05, 3.63) is 29.8 Å². The summed E-state index contributed by atoms with van der Waals surface area (Å²) in [4.78, 5) is 0. The summed E-state index contributed by atoms with van der Waals surface area (Å²) in [6.07, 6.45) is 0. The quantitative estimate of drug-likeness (QED) is 0.707. The molecule has 0 amide bonds.